The molecule has 2 rings (SSSR count). The minimum Gasteiger partial charge on any atom is -0.435 e. The van der Waals surface area contributed by atoms with Gasteiger partial charge in [-0.2, -0.15) is 14.0 Å². The molecule has 1 aromatic heterocycles. The molecule has 9 heteroatoms. The van der Waals surface area contributed by atoms with Gasteiger partial charge in [-0.1, -0.05) is 6.07 Å². The van der Waals surface area contributed by atoms with Crippen LogP contribution in [0.3, 0.4) is 0 Å². The Labute approximate surface area is 129 Å². The van der Waals surface area contributed by atoms with E-state index >= 15 is 0 Å². The number of nitriles is 1. The smallest absolute Gasteiger partial charge is 0.387 e. The first-order chi connectivity index (χ1) is 11.0. The molecule has 1 unspecified atom stereocenters. The van der Waals surface area contributed by atoms with E-state index in [0.717, 1.165) is 6.07 Å². The molecule has 0 spiro atoms. The van der Waals surface area contributed by atoms with Crippen LogP contribution in [0.5, 0.6) is 5.75 Å². The van der Waals surface area contributed by atoms with Crippen LogP contribution in [0.25, 0.3) is 0 Å². The summed E-state index contributed by atoms with van der Waals surface area (Å²) in [5, 5.41) is 11.5. The normalized spacial score (nSPS) is 11.8. The van der Waals surface area contributed by atoms with E-state index in [4.69, 9.17) is 11.0 Å². The standard InChI is InChI=1S/C14H12F3N5O/c15-11-3-9(23-13(16)17)1-2-10(11)12(5-19)22-14-20-6-8(4-18)7-21-14/h1-3,6-7,12-13H,5,19H2,(H,20,21,22). The van der Waals surface area contributed by atoms with Crippen LogP contribution in [-0.2, 0) is 0 Å². The van der Waals surface area contributed by atoms with Gasteiger partial charge in [-0.25, -0.2) is 14.4 Å². The third kappa shape index (κ3) is 4.31. The van der Waals surface area contributed by atoms with Crippen molar-refractivity contribution < 1.29 is 17.9 Å². The Morgan fingerprint density at radius 1 is 1.30 bits per heavy atom. The molecule has 0 saturated heterocycles. The quantitative estimate of drug-likeness (QED) is 0.846. The van der Waals surface area contributed by atoms with Gasteiger partial charge in [-0.15, -0.1) is 0 Å². The van der Waals surface area contributed by atoms with E-state index in [2.05, 4.69) is 20.0 Å². The maximum atomic E-state index is 14.1. The first-order valence-electron chi connectivity index (χ1n) is 6.46. The van der Waals surface area contributed by atoms with E-state index in [1.807, 2.05) is 6.07 Å². The summed E-state index contributed by atoms with van der Waals surface area (Å²) < 4.78 is 42.4. The number of rotatable bonds is 6. The zero-order chi connectivity index (χ0) is 16.8. The highest BCUT2D eigenvalue weighted by atomic mass is 19.3. The first-order valence-corrected chi connectivity index (χ1v) is 6.46. The van der Waals surface area contributed by atoms with Gasteiger partial charge in [0.2, 0.25) is 5.95 Å². The van der Waals surface area contributed by atoms with Crippen molar-refractivity contribution >= 4 is 5.95 Å². The Hall–Kier alpha value is -2.86. The number of aromatic nitrogens is 2. The number of hydrogen-bond donors (Lipinski definition) is 2. The fourth-order valence-corrected chi connectivity index (χ4v) is 1.85. The fraction of sp³-hybridized carbons (Fsp3) is 0.214. The van der Waals surface area contributed by atoms with Gasteiger partial charge in [-0.3, -0.25) is 0 Å². The van der Waals surface area contributed by atoms with E-state index in [9.17, 15) is 13.2 Å². The summed E-state index contributed by atoms with van der Waals surface area (Å²) in [7, 11) is 0. The molecule has 0 fully saturated rings. The second-order valence-electron chi connectivity index (χ2n) is 4.40. The SMILES string of the molecule is N#Cc1cnc(NC(CN)c2ccc(OC(F)F)cc2F)nc1. The second-order valence-corrected chi connectivity index (χ2v) is 4.40. The fourth-order valence-electron chi connectivity index (χ4n) is 1.85. The van der Waals surface area contributed by atoms with Crippen molar-refractivity contribution in [1.29, 1.82) is 5.26 Å². The van der Waals surface area contributed by atoms with Gasteiger partial charge >= 0.3 is 6.61 Å². The number of hydrogen-bond acceptors (Lipinski definition) is 6. The average molecular weight is 323 g/mol. The summed E-state index contributed by atoms with van der Waals surface area (Å²) in [4.78, 5) is 7.81. The molecule has 0 bridgehead atoms. The van der Waals surface area contributed by atoms with Gasteiger partial charge in [0.05, 0.1) is 24.0 Å². The van der Waals surface area contributed by atoms with Crippen molar-refractivity contribution in [3.05, 3.63) is 47.5 Å². The molecule has 0 amide bonds. The van der Waals surface area contributed by atoms with Gasteiger partial charge in [0.15, 0.2) is 0 Å². The van der Waals surface area contributed by atoms with Gasteiger partial charge in [0, 0.05) is 18.2 Å². The van der Waals surface area contributed by atoms with E-state index in [1.165, 1.54) is 24.5 Å². The molecule has 0 radical (unpaired) electrons. The van der Waals surface area contributed by atoms with Crippen LogP contribution in [-0.4, -0.2) is 23.1 Å². The Kier molecular flexibility index (Phi) is 5.32. The van der Waals surface area contributed by atoms with Crippen molar-refractivity contribution in [3.63, 3.8) is 0 Å². The molecule has 3 N–H and O–H groups in total. The van der Waals surface area contributed by atoms with Crippen LogP contribution in [0, 0.1) is 17.1 Å². The molecule has 0 aliphatic carbocycles. The molecular formula is C14H12F3N5O. The molecule has 0 aliphatic heterocycles. The summed E-state index contributed by atoms with van der Waals surface area (Å²) in [5.41, 5.74) is 6.04. The van der Waals surface area contributed by atoms with Crippen LogP contribution in [0.2, 0.25) is 0 Å². The van der Waals surface area contributed by atoms with E-state index in [1.54, 1.807) is 0 Å². The van der Waals surface area contributed by atoms with Gasteiger partial charge in [0.25, 0.3) is 0 Å². The second kappa shape index (κ2) is 7.42. The molecule has 120 valence electrons. The lowest BCUT2D eigenvalue weighted by atomic mass is 10.1. The maximum absolute atomic E-state index is 14.1. The van der Waals surface area contributed by atoms with Crippen LogP contribution in [0.4, 0.5) is 19.1 Å². The van der Waals surface area contributed by atoms with Crippen molar-refractivity contribution in [3.8, 4) is 11.8 Å². The highest BCUT2D eigenvalue weighted by molar-refractivity contribution is 5.37. The summed E-state index contributed by atoms with van der Waals surface area (Å²) in [6.45, 7) is -3.02. The third-order valence-corrected chi connectivity index (χ3v) is 2.89. The average Bonchev–Trinajstić information content (AvgIpc) is 2.53. The number of halogens is 3. The van der Waals surface area contributed by atoms with Crippen molar-refractivity contribution in [2.24, 2.45) is 5.73 Å². The summed E-state index contributed by atoms with van der Waals surface area (Å²) in [6, 6.07) is 4.56. The van der Waals surface area contributed by atoms with Crippen molar-refractivity contribution in [1.82, 2.24) is 9.97 Å². The summed E-state index contributed by atoms with van der Waals surface area (Å²) in [6.07, 6.45) is 2.61. The van der Waals surface area contributed by atoms with E-state index < -0.39 is 18.5 Å². The van der Waals surface area contributed by atoms with Crippen LogP contribution in [0.15, 0.2) is 30.6 Å². The number of alkyl halides is 2. The van der Waals surface area contributed by atoms with Crippen molar-refractivity contribution in [2.75, 3.05) is 11.9 Å². The number of nitrogens with one attached hydrogen (secondary N) is 1. The Morgan fingerprint density at radius 2 is 2.00 bits per heavy atom. The lowest BCUT2D eigenvalue weighted by molar-refractivity contribution is -0.0500. The predicted molar refractivity (Wildman–Crippen MR) is 75.2 cm³/mol. The Bertz CT molecular complexity index is 703. The number of anilines is 1. The summed E-state index contributed by atoms with van der Waals surface area (Å²) >= 11 is 0. The molecule has 0 aliphatic rings. The summed E-state index contributed by atoms with van der Waals surface area (Å²) in [5.74, 6) is -0.877. The first kappa shape index (κ1) is 16.5. The largest absolute Gasteiger partial charge is 0.435 e. The van der Waals surface area contributed by atoms with Gasteiger partial charge in [-0.05, 0) is 6.07 Å². The number of ether oxygens (including phenoxy) is 1. The van der Waals surface area contributed by atoms with Gasteiger partial charge < -0.3 is 15.8 Å². The number of nitrogens with two attached hydrogens (primary N) is 1. The number of nitrogens with zero attached hydrogens (tertiary/aromatic N) is 3. The lowest BCUT2D eigenvalue weighted by Crippen LogP contribution is -2.22. The molecule has 1 atom stereocenters. The number of benzene rings is 1. The highest BCUT2D eigenvalue weighted by Crippen LogP contribution is 2.24. The topological polar surface area (TPSA) is 96.9 Å². The zero-order valence-electron chi connectivity index (χ0n) is 11.7. The predicted octanol–water partition coefficient (Wildman–Crippen LogP) is 2.20. The van der Waals surface area contributed by atoms with Crippen LogP contribution < -0.4 is 15.8 Å². The molecule has 1 heterocycles. The zero-order valence-corrected chi connectivity index (χ0v) is 11.7. The van der Waals surface area contributed by atoms with Gasteiger partial charge in [0.1, 0.15) is 17.6 Å². The highest BCUT2D eigenvalue weighted by Gasteiger charge is 2.17. The molecule has 23 heavy (non-hydrogen) atoms. The monoisotopic (exact) mass is 323 g/mol. The maximum Gasteiger partial charge on any atom is 0.387 e. The molecule has 0 saturated carbocycles. The third-order valence-electron chi connectivity index (χ3n) is 2.89. The Morgan fingerprint density at radius 3 is 2.52 bits per heavy atom. The van der Waals surface area contributed by atoms with Crippen LogP contribution >= 0.6 is 0 Å². The Balaban J connectivity index is 2.18. The molecule has 6 nitrogen and oxygen atoms in total. The van der Waals surface area contributed by atoms with Crippen molar-refractivity contribution in [2.45, 2.75) is 12.7 Å². The molecular weight excluding hydrogens is 311 g/mol. The minimum atomic E-state index is -3.03. The molecule has 2 aromatic rings. The minimum absolute atomic E-state index is 0.00926. The van der Waals surface area contributed by atoms with E-state index in [0.29, 0.717) is 0 Å². The van der Waals surface area contributed by atoms with E-state index in [-0.39, 0.29) is 29.4 Å². The lowest BCUT2D eigenvalue weighted by Gasteiger charge is -2.18. The van der Waals surface area contributed by atoms with Crippen LogP contribution in [0.1, 0.15) is 17.2 Å². The molecule has 1 aromatic carbocycles.